The molecule has 0 unspecified atom stereocenters. The lowest BCUT2D eigenvalue weighted by Crippen LogP contribution is -2.60. The van der Waals surface area contributed by atoms with Crippen molar-refractivity contribution in [3.05, 3.63) is 48.6 Å². The van der Waals surface area contributed by atoms with Gasteiger partial charge in [0.05, 0.1) is 24.4 Å². The van der Waals surface area contributed by atoms with Gasteiger partial charge in [0.2, 0.25) is 0 Å². The fourth-order valence-corrected chi connectivity index (χ4v) is 5.77. The van der Waals surface area contributed by atoms with Crippen LogP contribution in [0, 0.1) is 5.92 Å². The number of carbonyl (C=O) groups excluding carboxylic acids is 1. The SMILES string of the molecule is C=CCC/C=C/C=C/[C@H]1C/C(C)=C/[C@@H](OC)C[C@H]2C[C@@H](O[C@@H]3O[C@@H](C)[C@H](O)[C@@H](OC)[C@H]3OC)C[C@](O)(O2)[C@H](C)C(=O)O1. The molecule has 3 heterocycles. The fourth-order valence-electron chi connectivity index (χ4n) is 5.77. The summed E-state index contributed by atoms with van der Waals surface area (Å²) >= 11 is 0. The number of hydrogen-bond donors (Lipinski definition) is 2. The van der Waals surface area contributed by atoms with Gasteiger partial charge in [-0.25, -0.2) is 0 Å². The molecular formula is C32H50O10. The van der Waals surface area contributed by atoms with Gasteiger partial charge in [-0.3, -0.25) is 4.79 Å². The molecule has 11 atom stereocenters. The first-order chi connectivity index (χ1) is 20.0. The number of esters is 1. The highest BCUT2D eigenvalue weighted by molar-refractivity contribution is 5.73. The molecule has 2 N–H and O–H groups in total. The number of rotatable bonds is 10. The minimum Gasteiger partial charge on any atom is -0.457 e. The quantitative estimate of drug-likeness (QED) is 0.167. The summed E-state index contributed by atoms with van der Waals surface area (Å²) < 4.78 is 41.4. The maximum Gasteiger partial charge on any atom is 0.314 e. The number of fused-ring (bicyclic) bond motifs is 2. The number of carbonyl (C=O) groups is 1. The highest BCUT2D eigenvalue weighted by atomic mass is 16.7. The smallest absolute Gasteiger partial charge is 0.314 e. The molecule has 0 radical (unpaired) electrons. The van der Waals surface area contributed by atoms with E-state index in [1.54, 1.807) is 21.0 Å². The Labute approximate surface area is 250 Å². The number of aliphatic hydroxyl groups excluding tert-OH is 1. The molecule has 3 rings (SSSR count). The number of ether oxygens (including phenoxy) is 7. The van der Waals surface area contributed by atoms with Crippen LogP contribution in [0.3, 0.4) is 0 Å². The average Bonchev–Trinajstić information content (AvgIpc) is 2.94. The Morgan fingerprint density at radius 2 is 1.83 bits per heavy atom. The summed E-state index contributed by atoms with van der Waals surface area (Å²) in [7, 11) is 4.63. The first-order valence-electron chi connectivity index (χ1n) is 14.8. The summed E-state index contributed by atoms with van der Waals surface area (Å²) in [4.78, 5) is 13.4. The van der Waals surface area contributed by atoms with Crippen LogP contribution in [0.25, 0.3) is 0 Å². The molecule has 0 amide bonds. The Balaban J connectivity index is 1.86. The number of cyclic esters (lactones) is 1. The van der Waals surface area contributed by atoms with Crippen molar-refractivity contribution >= 4 is 5.97 Å². The van der Waals surface area contributed by atoms with E-state index in [1.807, 2.05) is 43.4 Å². The average molecular weight is 595 g/mol. The molecule has 0 aromatic heterocycles. The molecule has 2 bridgehead atoms. The van der Waals surface area contributed by atoms with Crippen molar-refractivity contribution in [3.63, 3.8) is 0 Å². The lowest BCUT2D eigenvalue weighted by Gasteiger charge is -2.47. The molecule has 10 nitrogen and oxygen atoms in total. The first kappa shape index (κ1) is 34.6. The summed E-state index contributed by atoms with van der Waals surface area (Å²) in [5.41, 5.74) is 1.00. The molecule has 42 heavy (non-hydrogen) atoms. The van der Waals surface area contributed by atoms with Crippen LogP contribution < -0.4 is 0 Å². The van der Waals surface area contributed by atoms with Gasteiger partial charge in [0.1, 0.15) is 30.3 Å². The minimum absolute atomic E-state index is 0.00368. The van der Waals surface area contributed by atoms with Gasteiger partial charge in [0.25, 0.3) is 0 Å². The van der Waals surface area contributed by atoms with E-state index in [0.717, 1.165) is 18.4 Å². The standard InChI is InChI=1S/C32H50O10/c1-8-9-10-11-12-13-14-23-15-20(2)16-24(36-5)17-25-18-26(19-32(35,42-25)21(3)30(34)40-23)41-31-29(38-7)28(37-6)27(33)22(4)39-31/h8,11-14,16,21-29,31,33,35H,1,9-10,15,17-19H2,2-7H3/b12-11+,14-13+,20-16+/t21-,22+,23+,24-,25+,26-,27+,28-,29-,31+,32+/m1/s1. The molecule has 0 spiro atoms. The van der Waals surface area contributed by atoms with Gasteiger partial charge < -0.3 is 43.4 Å². The second-order valence-electron chi connectivity index (χ2n) is 11.5. The third-order valence-corrected chi connectivity index (χ3v) is 8.25. The summed E-state index contributed by atoms with van der Waals surface area (Å²) in [6.45, 7) is 9.05. The van der Waals surface area contributed by atoms with E-state index in [9.17, 15) is 15.0 Å². The Bertz CT molecular complexity index is 963. The zero-order valence-electron chi connectivity index (χ0n) is 25.8. The molecule has 0 aromatic carbocycles. The third kappa shape index (κ3) is 9.06. The molecule has 0 aromatic rings. The van der Waals surface area contributed by atoms with E-state index in [-0.39, 0.29) is 12.5 Å². The summed E-state index contributed by atoms with van der Waals surface area (Å²) in [5, 5.41) is 22.3. The van der Waals surface area contributed by atoms with Gasteiger partial charge in [-0.2, -0.15) is 0 Å². The highest BCUT2D eigenvalue weighted by Gasteiger charge is 2.51. The molecule has 0 saturated carbocycles. The molecule has 0 aliphatic carbocycles. The second-order valence-corrected chi connectivity index (χ2v) is 11.5. The van der Waals surface area contributed by atoms with E-state index in [2.05, 4.69) is 6.58 Å². The number of unbranched alkanes of at least 4 members (excludes halogenated alkanes) is 1. The van der Waals surface area contributed by atoms with E-state index >= 15 is 0 Å². The van der Waals surface area contributed by atoms with Crippen molar-refractivity contribution in [3.8, 4) is 0 Å². The molecule has 2 fully saturated rings. The zero-order chi connectivity index (χ0) is 30.9. The van der Waals surface area contributed by atoms with Crippen LogP contribution in [-0.4, -0.2) is 98.4 Å². The summed E-state index contributed by atoms with van der Waals surface area (Å²) in [6.07, 6.45) is 9.05. The van der Waals surface area contributed by atoms with Crippen LogP contribution >= 0.6 is 0 Å². The van der Waals surface area contributed by atoms with E-state index < -0.39 is 66.7 Å². The maximum absolute atomic E-state index is 13.4. The number of allylic oxidation sites excluding steroid dienone is 4. The Hall–Kier alpha value is -1.89. The van der Waals surface area contributed by atoms with Crippen molar-refractivity contribution in [2.45, 2.75) is 120 Å². The summed E-state index contributed by atoms with van der Waals surface area (Å²) in [5.74, 6) is -3.44. The van der Waals surface area contributed by atoms with Crippen LogP contribution in [0.1, 0.15) is 59.3 Å². The molecule has 3 aliphatic rings. The second kappa shape index (κ2) is 16.3. The van der Waals surface area contributed by atoms with Crippen LogP contribution in [0.4, 0.5) is 0 Å². The normalized spacial score (nSPS) is 41.5. The molecule has 238 valence electrons. The maximum atomic E-state index is 13.4. The lowest BCUT2D eigenvalue weighted by atomic mass is 9.87. The molecule has 3 aliphatic heterocycles. The van der Waals surface area contributed by atoms with Crippen molar-refractivity contribution in [2.24, 2.45) is 5.92 Å². The van der Waals surface area contributed by atoms with Crippen LogP contribution in [0.15, 0.2) is 48.6 Å². The topological polar surface area (TPSA) is 122 Å². The van der Waals surface area contributed by atoms with E-state index in [1.165, 1.54) is 14.2 Å². The van der Waals surface area contributed by atoms with Gasteiger partial charge in [0, 0.05) is 47.0 Å². The lowest BCUT2D eigenvalue weighted by molar-refractivity contribution is -0.343. The van der Waals surface area contributed by atoms with Gasteiger partial charge >= 0.3 is 5.97 Å². The zero-order valence-corrected chi connectivity index (χ0v) is 25.8. The van der Waals surface area contributed by atoms with Gasteiger partial charge in [-0.05, 0) is 39.7 Å². The first-order valence-corrected chi connectivity index (χ1v) is 14.8. The number of methoxy groups -OCH3 is 3. The Morgan fingerprint density at radius 3 is 2.50 bits per heavy atom. The van der Waals surface area contributed by atoms with Gasteiger partial charge in [0.15, 0.2) is 12.1 Å². The summed E-state index contributed by atoms with van der Waals surface area (Å²) in [6, 6.07) is 0. The van der Waals surface area contributed by atoms with Crippen LogP contribution in [0.2, 0.25) is 0 Å². The predicted octanol–water partition coefficient (Wildman–Crippen LogP) is 3.76. The monoisotopic (exact) mass is 594 g/mol. The van der Waals surface area contributed by atoms with Crippen molar-refractivity contribution < 1.29 is 48.2 Å². The Morgan fingerprint density at radius 1 is 1.10 bits per heavy atom. The van der Waals surface area contributed by atoms with Crippen LogP contribution in [0.5, 0.6) is 0 Å². The fraction of sp³-hybridized carbons (Fsp3) is 0.719. The largest absolute Gasteiger partial charge is 0.457 e. The van der Waals surface area contributed by atoms with E-state index in [4.69, 9.17) is 33.2 Å². The molecule has 10 heteroatoms. The van der Waals surface area contributed by atoms with E-state index in [0.29, 0.717) is 19.3 Å². The molecular weight excluding hydrogens is 544 g/mol. The van der Waals surface area contributed by atoms with Crippen molar-refractivity contribution in [2.75, 3.05) is 21.3 Å². The Kier molecular flexibility index (Phi) is 13.4. The van der Waals surface area contributed by atoms with Gasteiger partial charge in [-0.1, -0.05) is 36.0 Å². The minimum atomic E-state index is -1.86. The highest BCUT2D eigenvalue weighted by Crippen LogP contribution is 2.39. The number of hydrogen-bond acceptors (Lipinski definition) is 10. The number of aliphatic hydroxyl groups is 2. The van der Waals surface area contributed by atoms with Gasteiger partial charge in [-0.15, -0.1) is 6.58 Å². The van der Waals surface area contributed by atoms with Crippen molar-refractivity contribution in [1.29, 1.82) is 0 Å². The van der Waals surface area contributed by atoms with Crippen LogP contribution in [-0.2, 0) is 38.0 Å². The third-order valence-electron chi connectivity index (χ3n) is 8.25. The predicted molar refractivity (Wildman–Crippen MR) is 156 cm³/mol. The van der Waals surface area contributed by atoms with Crippen molar-refractivity contribution in [1.82, 2.24) is 0 Å². The molecule has 2 saturated heterocycles.